The Bertz CT molecular complexity index is 63.7. The zero-order valence-corrected chi connectivity index (χ0v) is 6.16. The van der Waals surface area contributed by atoms with E-state index in [-0.39, 0.29) is 3.74 Å². The first kappa shape index (κ1) is 6.45. The number of nitrogens with zero attached hydrogens (tertiary/aromatic N) is 1. The lowest BCUT2D eigenvalue weighted by Crippen LogP contribution is -1.84. The number of rotatable bonds is 1. The van der Waals surface area contributed by atoms with Crippen molar-refractivity contribution in [1.29, 1.82) is 0 Å². The van der Waals surface area contributed by atoms with Crippen LogP contribution >= 0.6 is 31.9 Å². The van der Waals surface area contributed by atoms with Crippen LogP contribution in [0.15, 0.2) is 0 Å². The molecular weight excluding hydrogens is 210 g/mol. The van der Waals surface area contributed by atoms with Crippen molar-refractivity contribution >= 4 is 31.9 Å². The van der Waals surface area contributed by atoms with Gasteiger partial charge in [-0.1, -0.05) is 31.9 Å². The molecule has 0 aliphatic rings. The van der Waals surface area contributed by atoms with E-state index in [1.807, 2.05) is 0 Å². The Kier molecular flexibility index (Phi) is 3.91. The van der Waals surface area contributed by atoms with Crippen LogP contribution in [-0.4, -0.2) is 10.3 Å². The summed E-state index contributed by atoms with van der Waals surface area (Å²) in [5, 5.41) is 0. The number of hydrogen-bond acceptors (Lipinski definition) is 0. The molecule has 0 radical (unpaired) electrons. The van der Waals surface area contributed by atoms with Crippen LogP contribution < -0.4 is 0 Å². The third kappa shape index (κ3) is 4.45. The van der Waals surface area contributed by atoms with E-state index in [1.165, 1.54) is 0 Å². The summed E-state index contributed by atoms with van der Waals surface area (Å²) in [5.41, 5.74) is 0. The van der Waals surface area contributed by atoms with Gasteiger partial charge < -0.3 is 4.85 Å². The first-order chi connectivity index (χ1) is 2.77. The Balaban J connectivity index is 2.88. The van der Waals surface area contributed by atoms with Crippen LogP contribution in [0.1, 0.15) is 0 Å². The van der Waals surface area contributed by atoms with Gasteiger partial charge in [0.1, 0.15) is 3.74 Å². The minimum Gasteiger partial charge on any atom is -0.315 e. The standard InChI is InChI=1S/C3H3Br2N/c1-6-2-3(4)5/h3H,2H2. The van der Waals surface area contributed by atoms with Gasteiger partial charge in [0.25, 0.3) is 0 Å². The van der Waals surface area contributed by atoms with Crippen molar-refractivity contribution in [2.75, 3.05) is 6.54 Å². The third-order valence-corrected chi connectivity index (χ3v) is 0.808. The maximum Gasteiger partial charge on any atom is 0.236 e. The average Bonchev–Trinajstić information content (AvgIpc) is 1.35. The molecule has 0 heterocycles. The minimum atomic E-state index is 0.169. The van der Waals surface area contributed by atoms with Crippen LogP contribution in [0.2, 0.25) is 0 Å². The molecule has 0 aromatic heterocycles. The second kappa shape index (κ2) is 3.63. The predicted molar refractivity (Wildman–Crippen MR) is 33.1 cm³/mol. The molecular formula is C3H3Br2N. The van der Waals surface area contributed by atoms with Crippen LogP contribution in [0.3, 0.4) is 0 Å². The Hall–Kier alpha value is 0.450. The number of halogens is 2. The lowest BCUT2D eigenvalue weighted by molar-refractivity contribution is 1.33. The van der Waals surface area contributed by atoms with E-state index < -0.39 is 0 Å². The van der Waals surface area contributed by atoms with E-state index in [1.54, 1.807) is 0 Å². The van der Waals surface area contributed by atoms with Crippen LogP contribution in [0.25, 0.3) is 4.85 Å². The monoisotopic (exact) mass is 211 g/mol. The van der Waals surface area contributed by atoms with Gasteiger partial charge in [-0.3, -0.25) is 0 Å². The van der Waals surface area contributed by atoms with Crippen molar-refractivity contribution in [1.82, 2.24) is 0 Å². The summed E-state index contributed by atoms with van der Waals surface area (Å²) in [6.07, 6.45) is 0. The molecule has 0 atom stereocenters. The van der Waals surface area contributed by atoms with Gasteiger partial charge in [0, 0.05) is 0 Å². The van der Waals surface area contributed by atoms with E-state index >= 15 is 0 Å². The largest absolute Gasteiger partial charge is 0.315 e. The molecule has 6 heavy (non-hydrogen) atoms. The Morgan fingerprint density at radius 3 is 2.17 bits per heavy atom. The van der Waals surface area contributed by atoms with Crippen LogP contribution in [0.4, 0.5) is 0 Å². The topological polar surface area (TPSA) is 4.36 Å². The van der Waals surface area contributed by atoms with Crippen LogP contribution in [0.5, 0.6) is 0 Å². The minimum absolute atomic E-state index is 0.169. The van der Waals surface area contributed by atoms with E-state index in [9.17, 15) is 0 Å². The highest BCUT2D eigenvalue weighted by Gasteiger charge is 1.95. The second-order valence-corrected chi connectivity index (χ2v) is 4.17. The maximum atomic E-state index is 6.30. The summed E-state index contributed by atoms with van der Waals surface area (Å²) in [5.74, 6) is 0. The summed E-state index contributed by atoms with van der Waals surface area (Å²) in [6.45, 7) is 6.80. The quantitative estimate of drug-likeness (QED) is 0.463. The van der Waals surface area contributed by atoms with Gasteiger partial charge in [0.15, 0.2) is 0 Å². The SMILES string of the molecule is [C-]#[N+]CC(Br)Br. The molecule has 0 aromatic carbocycles. The van der Waals surface area contributed by atoms with Gasteiger partial charge in [-0.2, -0.15) is 0 Å². The Morgan fingerprint density at radius 2 is 2.17 bits per heavy atom. The van der Waals surface area contributed by atoms with Gasteiger partial charge in [0.05, 0.1) is 0 Å². The van der Waals surface area contributed by atoms with Crippen molar-refractivity contribution < 1.29 is 0 Å². The fourth-order valence-corrected chi connectivity index (χ4v) is 0.359. The van der Waals surface area contributed by atoms with Gasteiger partial charge in [-0.05, 0) is 0 Å². The molecule has 0 aliphatic heterocycles. The summed E-state index contributed by atoms with van der Waals surface area (Å²) in [6, 6.07) is 0. The molecule has 0 unspecified atom stereocenters. The van der Waals surface area contributed by atoms with Crippen molar-refractivity contribution in [3.63, 3.8) is 0 Å². The molecule has 0 fully saturated rings. The zero-order valence-electron chi connectivity index (χ0n) is 2.99. The van der Waals surface area contributed by atoms with Crippen LogP contribution in [-0.2, 0) is 0 Å². The molecule has 0 aliphatic carbocycles. The third-order valence-electron chi connectivity index (χ3n) is 0.229. The molecule has 1 nitrogen and oxygen atoms in total. The normalized spacial score (nSPS) is 8.33. The van der Waals surface area contributed by atoms with Crippen molar-refractivity contribution in [2.45, 2.75) is 3.74 Å². The summed E-state index contributed by atoms with van der Waals surface area (Å²) < 4.78 is 0.169. The first-order valence-corrected chi connectivity index (χ1v) is 3.22. The predicted octanol–water partition coefficient (Wildman–Crippen LogP) is 2.02. The molecule has 0 N–H and O–H groups in total. The van der Waals surface area contributed by atoms with E-state index in [4.69, 9.17) is 6.57 Å². The molecule has 0 bridgehead atoms. The summed E-state index contributed by atoms with van der Waals surface area (Å²) in [4.78, 5) is 3.09. The number of hydrogen-bond donors (Lipinski definition) is 0. The average molecular weight is 213 g/mol. The Labute approximate surface area is 53.8 Å². The maximum absolute atomic E-state index is 6.30. The molecule has 0 aromatic rings. The summed E-state index contributed by atoms with van der Waals surface area (Å²) in [7, 11) is 0. The van der Waals surface area contributed by atoms with Gasteiger partial charge >= 0.3 is 0 Å². The van der Waals surface area contributed by atoms with Gasteiger partial charge in [-0.15, -0.1) is 0 Å². The van der Waals surface area contributed by atoms with Gasteiger partial charge in [-0.25, -0.2) is 6.57 Å². The number of alkyl halides is 2. The Morgan fingerprint density at radius 1 is 1.67 bits per heavy atom. The highest BCUT2D eigenvalue weighted by atomic mass is 79.9. The lowest BCUT2D eigenvalue weighted by atomic mass is 10.8. The van der Waals surface area contributed by atoms with Crippen molar-refractivity contribution in [2.24, 2.45) is 0 Å². The molecule has 0 spiro atoms. The summed E-state index contributed by atoms with van der Waals surface area (Å²) >= 11 is 6.27. The van der Waals surface area contributed by atoms with Crippen molar-refractivity contribution in [3.05, 3.63) is 11.4 Å². The fourth-order valence-electron chi connectivity index (χ4n) is 0.0690. The van der Waals surface area contributed by atoms with E-state index in [0.717, 1.165) is 0 Å². The molecule has 0 rings (SSSR count). The second-order valence-electron chi connectivity index (χ2n) is 0.732. The highest BCUT2D eigenvalue weighted by Crippen LogP contribution is 2.06. The fraction of sp³-hybridized carbons (Fsp3) is 0.667. The zero-order chi connectivity index (χ0) is 4.99. The lowest BCUT2D eigenvalue weighted by Gasteiger charge is -1.80. The smallest absolute Gasteiger partial charge is 0.236 e. The first-order valence-electron chi connectivity index (χ1n) is 1.38. The molecule has 0 amide bonds. The van der Waals surface area contributed by atoms with Gasteiger partial charge in [0.2, 0.25) is 6.54 Å². The molecule has 0 saturated heterocycles. The van der Waals surface area contributed by atoms with Crippen molar-refractivity contribution in [3.8, 4) is 0 Å². The van der Waals surface area contributed by atoms with Crippen LogP contribution in [0, 0.1) is 6.57 Å². The molecule has 0 saturated carbocycles. The van der Waals surface area contributed by atoms with E-state index in [2.05, 4.69) is 36.7 Å². The molecule has 34 valence electrons. The molecule has 3 heteroatoms. The van der Waals surface area contributed by atoms with E-state index in [0.29, 0.717) is 6.54 Å². The highest BCUT2D eigenvalue weighted by molar-refractivity contribution is 9.24.